The first kappa shape index (κ1) is 27.6. The summed E-state index contributed by atoms with van der Waals surface area (Å²) >= 11 is 0. The van der Waals surface area contributed by atoms with E-state index >= 15 is 0 Å². The van der Waals surface area contributed by atoms with Gasteiger partial charge in [0.15, 0.2) is 23.2 Å². The Bertz CT molecular complexity index is 1710. The van der Waals surface area contributed by atoms with Crippen LogP contribution in [0.15, 0.2) is 29.6 Å². The van der Waals surface area contributed by atoms with Crippen LogP contribution in [-0.4, -0.2) is 109 Å². The number of nitrogens with zero attached hydrogens (tertiary/aromatic N) is 6. The number of ether oxygens (including phenoxy) is 2. The molecule has 2 saturated heterocycles. The Morgan fingerprint density at radius 1 is 1.10 bits per heavy atom. The number of fused-ring (bicyclic) bond motifs is 2. The number of H-pyrrole nitrogens is 1. The summed E-state index contributed by atoms with van der Waals surface area (Å²) in [6.07, 6.45) is -7.54. The third kappa shape index (κ3) is 4.47. The lowest BCUT2D eigenvalue weighted by molar-refractivity contribution is -0.0435. The van der Waals surface area contributed by atoms with Crippen molar-refractivity contribution in [1.82, 2.24) is 34.1 Å². The number of nitrogens with one attached hydrogen (secondary N) is 1. The molecule has 6 rings (SSSR count). The Kier molecular flexibility index (Phi) is 6.80. The summed E-state index contributed by atoms with van der Waals surface area (Å²) in [7, 11) is -4.86. The molecule has 0 aromatic carbocycles. The fourth-order valence-corrected chi connectivity index (χ4v) is 6.83. The molecule has 0 bridgehead atoms. The predicted octanol–water partition coefficient (Wildman–Crippen LogP) is -2.99. The number of anilines is 2. The Labute approximate surface area is 228 Å². The van der Waals surface area contributed by atoms with Crippen LogP contribution in [0.4, 0.5) is 11.8 Å². The molecule has 6 heterocycles. The second-order valence-electron chi connectivity index (χ2n) is 9.64. The normalized spacial score (nSPS) is 31.7. The van der Waals surface area contributed by atoms with Crippen LogP contribution in [0, 0.1) is 0 Å². The molecule has 4 aromatic heterocycles. The van der Waals surface area contributed by atoms with Gasteiger partial charge in [-0.15, -0.1) is 0 Å². The number of nitrogen functional groups attached to an aromatic ring is 2. The number of hydrogen-bond acceptors (Lipinski definition) is 15. The average molecular weight is 595 g/mol. The van der Waals surface area contributed by atoms with Gasteiger partial charge in [-0.1, -0.05) is 0 Å². The minimum atomic E-state index is -4.86. The van der Waals surface area contributed by atoms with Crippen LogP contribution in [0.1, 0.15) is 18.0 Å². The quantitative estimate of drug-likeness (QED) is 0.0988. The van der Waals surface area contributed by atoms with Crippen LogP contribution in [0.3, 0.4) is 0 Å². The Morgan fingerprint density at radius 2 is 1.88 bits per heavy atom. The predicted molar refractivity (Wildman–Crippen MR) is 136 cm³/mol. The van der Waals surface area contributed by atoms with E-state index in [1.807, 2.05) is 0 Å². The number of nitrogens with two attached hydrogens (primary N) is 2. The van der Waals surface area contributed by atoms with Gasteiger partial charge in [0, 0.05) is 0 Å². The monoisotopic (exact) mass is 595 g/mol. The lowest BCUT2D eigenvalue weighted by atomic mass is 10.1. The molecule has 0 amide bonds. The number of aromatic nitrogens is 7. The molecule has 2 aliphatic rings. The van der Waals surface area contributed by atoms with Crippen LogP contribution in [0.25, 0.3) is 16.7 Å². The van der Waals surface area contributed by atoms with Gasteiger partial charge >= 0.3 is 7.60 Å². The molecular weight excluding hydrogens is 569 g/mol. The van der Waals surface area contributed by atoms with Gasteiger partial charge in [0.25, 0.3) is 5.56 Å². The van der Waals surface area contributed by atoms with Crippen LogP contribution in [0.2, 0.25) is 0 Å². The van der Waals surface area contributed by atoms with E-state index in [9.17, 15) is 34.7 Å². The highest BCUT2D eigenvalue weighted by Gasteiger charge is 2.55. The Hall–Kier alpha value is -3.52. The maximum atomic E-state index is 13.6. The topological polar surface area (TPSA) is 292 Å². The molecule has 2 aliphatic heterocycles. The second-order valence-corrected chi connectivity index (χ2v) is 11.6. The Morgan fingerprint density at radius 3 is 2.63 bits per heavy atom. The zero-order valence-corrected chi connectivity index (χ0v) is 21.8. The molecule has 10 N–H and O–H groups in total. The molecule has 1 unspecified atom stereocenters. The molecule has 9 atom stereocenters. The number of rotatable bonds is 7. The van der Waals surface area contributed by atoms with Gasteiger partial charge in [0.1, 0.15) is 54.1 Å². The molecule has 4 aromatic rings. The van der Waals surface area contributed by atoms with Crippen molar-refractivity contribution in [3.05, 3.63) is 40.8 Å². The zero-order chi connectivity index (χ0) is 29.2. The molecule has 41 heavy (non-hydrogen) atoms. The molecule has 2 fully saturated rings. The fraction of sp³-hybridized carbons (Fsp3) is 0.476. The number of aliphatic hydroxyl groups is 4. The van der Waals surface area contributed by atoms with Crippen molar-refractivity contribution in [3.8, 4) is 0 Å². The minimum Gasteiger partial charge on any atom is -0.394 e. The maximum absolute atomic E-state index is 13.6. The van der Waals surface area contributed by atoms with Crippen LogP contribution >= 0.6 is 7.60 Å². The largest absolute Gasteiger partial charge is 0.394 e. The summed E-state index contributed by atoms with van der Waals surface area (Å²) < 4.78 is 32.9. The van der Waals surface area contributed by atoms with Gasteiger partial charge in [-0.2, -0.15) is 10.1 Å². The van der Waals surface area contributed by atoms with Crippen molar-refractivity contribution in [2.24, 2.45) is 0 Å². The first-order chi connectivity index (χ1) is 19.5. The zero-order valence-electron chi connectivity index (χ0n) is 20.9. The molecule has 0 saturated carbocycles. The summed E-state index contributed by atoms with van der Waals surface area (Å²) in [6, 6.07) is 3.18. The fourth-order valence-electron chi connectivity index (χ4n) is 5.18. The second kappa shape index (κ2) is 10.1. The SMILES string of the molecule is Nc1nc2c(ncn2[C@@H]2O[C@H](CO)[C@@H](O)[C@H]2P(=O)(O)OC[C@H]2O[C@@H](c3ccc4c(N)ncnn34)[C@H](O)[C@@H]2O)c(=O)[nH]1. The molecule has 220 valence electrons. The van der Waals surface area contributed by atoms with E-state index in [1.165, 1.54) is 10.8 Å². The van der Waals surface area contributed by atoms with Crippen molar-refractivity contribution in [1.29, 1.82) is 0 Å². The molecule has 0 radical (unpaired) electrons. The van der Waals surface area contributed by atoms with Crippen molar-refractivity contribution in [2.75, 3.05) is 24.7 Å². The van der Waals surface area contributed by atoms with Gasteiger partial charge in [-0.05, 0) is 12.1 Å². The van der Waals surface area contributed by atoms with Crippen LogP contribution < -0.4 is 17.0 Å². The van der Waals surface area contributed by atoms with Gasteiger partial charge in [-0.25, -0.2) is 14.5 Å². The van der Waals surface area contributed by atoms with E-state index in [-0.39, 0.29) is 22.9 Å². The van der Waals surface area contributed by atoms with E-state index in [2.05, 4.69) is 25.0 Å². The number of aliphatic hydroxyl groups excluding tert-OH is 4. The third-order valence-corrected chi connectivity index (χ3v) is 9.04. The van der Waals surface area contributed by atoms with E-state index in [4.69, 9.17) is 25.5 Å². The van der Waals surface area contributed by atoms with Crippen LogP contribution in [-0.2, 0) is 18.6 Å². The minimum absolute atomic E-state index is 0.101. The Balaban J connectivity index is 1.25. The van der Waals surface area contributed by atoms with Gasteiger partial charge in [0.2, 0.25) is 5.95 Å². The first-order valence-corrected chi connectivity index (χ1v) is 13.9. The van der Waals surface area contributed by atoms with E-state index in [0.29, 0.717) is 11.2 Å². The molecule has 0 aliphatic carbocycles. The molecule has 20 heteroatoms. The van der Waals surface area contributed by atoms with Gasteiger partial charge in [-0.3, -0.25) is 18.9 Å². The first-order valence-electron chi connectivity index (χ1n) is 12.2. The van der Waals surface area contributed by atoms with Gasteiger partial charge < -0.3 is 50.8 Å². The molecule has 19 nitrogen and oxygen atoms in total. The number of hydrogen-bond donors (Lipinski definition) is 8. The lowest BCUT2D eigenvalue weighted by Crippen LogP contribution is -2.36. The highest BCUT2D eigenvalue weighted by molar-refractivity contribution is 7.53. The maximum Gasteiger partial charge on any atom is 0.338 e. The molecular formula is C21H26N9O10P. The van der Waals surface area contributed by atoms with E-state index in [0.717, 1.165) is 10.9 Å². The van der Waals surface area contributed by atoms with E-state index in [1.54, 1.807) is 12.1 Å². The summed E-state index contributed by atoms with van der Waals surface area (Å²) in [5, 5.41) is 46.0. The summed E-state index contributed by atoms with van der Waals surface area (Å²) in [5.41, 5.74) is 9.65. The highest BCUT2D eigenvalue weighted by atomic mass is 31.2. The highest BCUT2D eigenvalue weighted by Crippen LogP contribution is 2.57. The van der Waals surface area contributed by atoms with Crippen molar-refractivity contribution in [3.63, 3.8) is 0 Å². The van der Waals surface area contributed by atoms with E-state index < -0.39 is 74.9 Å². The molecule has 0 spiro atoms. The standard InChI is InChI=1S/C21H26N9O10P/c22-17-8-2-1-7(30(8)26-5-24-17)15-14(34)12(32)10(39-15)4-38-41(36,37)16-13(33)9(3-31)40-20(16)29-6-25-11-18(29)27-21(23)28-19(11)35/h1-2,5-6,9-10,12-16,20,31-34H,3-4H2,(H,36,37)(H2,22,24,26)(H3,23,27,28,35)/t9-,10-,12-,13-,14-,15+,16-,20-/m1/s1. The summed E-state index contributed by atoms with van der Waals surface area (Å²) in [5.74, 6) is -0.0755. The lowest BCUT2D eigenvalue weighted by Gasteiger charge is -2.27. The van der Waals surface area contributed by atoms with Crippen molar-refractivity contribution < 1.29 is 43.9 Å². The van der Waals surface area contributed by atoms with Crippen molar-refractivity contribution in [2.45, 2.75) is 48.5 Å². The number of aromatic amines is 1. The summed E-state index contributed by atoms with van der Waals surface area (Å²) in [4.78, 5) is 37.4. The van der Waals surface area contributed by atoms with Crippen molar-refractivity contribution >= 4 is 36.0 Å². The van der Waals surface area contributed by atoms with Crippen LogP contribution in [0.5, 0.6) is 0 Å². The third-order valence-electron chi connectivity index (χ3n) is 7.21. The smallest absolute Gasteiger partial charge is 0.338 e. The summed E-state index contributed by atoms with van der Waals surface area (Å²) in [6.45, 7) is -1.40. The van der Waals surface area contributed by atoms with Gasteiger partial charge in [0.05, 0.1) is 25.2 Å². The average Bonchev–Trinajstić information content (AvgIpc) is 3.68. The number of imidazole rings is 1.